The molecule has 23 heavy (non-hydrogen) atoms. The maximum atomic E-state index is 11.7. The normalized spacial score (nSPS) is 20.8. The van der Waals surface area contributed by atoms with Gasteiger partial charge in [-0.2, -0.15) is 0 Å². The van der Waals surface area contributed by atoms with Crippen molar-refractivity contribution in [2.45, 2.75) is 0 Å². The van der Waals surface area contributed by atoms with Crippen LogP contribution in [0.3, 0.4) is 0 Å². The van der Waals surface area contributed by atoms with Gasteiger partial charge < -0.3 is 19.6 Å². The van der Waals surface area contributed by atoms with Crippen molar-refractivity contribution in [2.24, 2.45) is 0 Å². The van der Waals surface area contributed by atoms with Crippen LogP contribution >= 0.6 is 0 Å². The smallest absolute Gasteiger partial charge is 0.348 e. The van der Waals surface area contributed by atoms with Crippen LogP contribution in [-0.4, -0.2) is 91.1 Å². The molecule has 2 fully saturated rings. The van der Waals surface area contributed by atoms with Gasteiger partial charge in [0.15, 0.2) is 0 Å². The number of nitro groups is 1. The molecule has 0 spiro atoms. The molecule has 126 valence electrons. The zero-order valence-electron chi connectivity index (χ0n) is 13.7. The summed E-state index contributed by atoms with van der Waals surface area (Å²) in [6.45, 7) is 6.51. The topological polar surface area (TPSA) is 81.9 Å². The van der Waals surface area contributed by atoms with Gasteiger partial charge in [-0.1, -0.05) is 0 Å². The van der Waals surface area contributed by atoms with E-state index in [1.165, 1.54) is 6.33 Å². The summed E-state index contributed by atoms with van der Waals surface area (Å²) < 4.78 is 0. The Balaban J connectivity index is 1.91. The van der Waals surface area contributed by atoms with Gasteiger partial charge in [0.25, 0.3) is 0 Å². The van der Waals surface area contributed by atoms with Crippen LogP contribution in [0.25, 0.3) is 0 Å². The molecule has 0 atom stereocenters. The fourth-order valence-corrected chi connectivity index (χ4v) is 3.02. The lowest BCUT2D eigenvalue weighted by Crippen LogP contribution is -2.46. The summed E-state index contributed by atoms with van der Waals surface area (Å²) in [6, 6.07) is 0. The zero-order chi connectivity index (χ0) is 16.4. The Morgan fingerprint density at radius 3 is 1.61 bits per heavy atom. The quantitative estimate of drug-likeness (QED) is 0.563. The minimum atomic E-state index is -0.332. The summed E-state index contributed by atoms with van der Waals surface area (Å²) in [4.78, 5) is 28.3. The molecule has 0 saturated carbocycles. The van der Waals surface area contributed by atoms with Crippen LogP contribution in [0.1, 0.15) is 0 Å². The number of nitrogens with zero attached hydrogens (tertiary/aromatic N) is 7. The molecule has 1 aromatic heterocycles. The molecular weight excluding hydrogens is 298 g/mol. The molecule has 0 radical (unpaired) electrons. The molecule has 0 aliphatic carbocycles. The monoisotopic (exact) mass is 321 g/mol. The van der Waals surface area contributed by atoms with Crippen molar-refractivity contribution >= 4 is 17.3 Å². The molecule has 1 aromatic rings. The van der Waals surface area contributed by atoms with Gasteiger partial charge in [-0.3, -0.25) is 10.1 Å². The van der Waals surface area contributed by atoms with Crippen LogP contribution in [0.5, 0.6) is 0 Å². The summed E-state index contributed by atoms with van der Waals surface area (Å²) in [7, 11) is 4.11. The highest BCUT2D eigenvalue weighted by atomic mass is 16.6. The van der Waals surface area contributed by atoms with E-state index >= 15 is 0 Å². The summed E-state index contributed by atoms with van der Waals surface area (Å²) in [5, 5.41) is 11.7. The van der Waals surface area contributed by atoms with Crippen LogP contribution in [-0.2, 0) is 0 Å². The van der Waals surface area contributed by atoms with E-state index < -0.39 is 0 Å². The number of aromatic nitrogens is 2. The molecule has 0 unspecified atom stereocenters. The van der Waals surface area contributed by atoms with Crippen molar-refractivity contribution in [1.29, 1.82) is 0 Å². The fourth-order valence-electron chi connectivity index (χ4n) is 3.02. The van der Waals surface area contributed by atoms with E-state index in [-0.39, 0.29) is 10.6 Å². The number of likely N-dealkylation sites (N-methyl/N-ethyl adjacent to an activating group) is 2. The van der Waals surface area contributed by atoms with Crippen molar-refractivity contribution in [1.82, 2.24) is 19.8 Å². The van der Waals surface area contributed by atoms with Gasteiger partial charge in [-0.25, -0.2) is 9.97 Å². The highest BCUT2D eigenvalue weighted by Gasteiger charge is 2.32. The number of hydrogen-bond donors (Lipinski definition) is 0. The average Bonchev–Trinajstić information content (AvgIpc) is 2.55. The first-order valence-electron chi connectivity index (χ1n) is 7.92. The van der Waals surface area contributed by atoms with Crippen molar-refractivity contribution in [3.63, 3.8) is 0 Å². The molecular formula is C14H23N7O2. The van der Waals surface area contributed by atoms with E-state index in [4.69, 9.17) is 0 Å². The number of hydrogen-bond acceptors (Lipinski definition) is 8. The molecule has 2 aliphatic heterocycles. The standard InChI is InChI=1S/C14H23N7O2/c1-17-3-7-19(8-4-17)13-12(21(22)23)14(16-11-15-13)20-9-5-18(2)6-10-20/h11H,3-10H2,1-2H3. The summed E-state index contributed by atoms with van der Waals surface area (Å²) >= 11 is 0. The van der Waals surface area contributed by atoms with Gasteiger partial charge in [0.05, 0.1) is 4.92 Å². The molecule has 2 saturated heterocycles. The van der Waals surface area contributed by atoms with Gasteiger partial charge in [-0.15, -0.1) is 0 Å². The van der Waals surface area contributed by atoms with E-state index in [1.807, 2.05) is 9.80 Å². The molecule has 3 rings (SSSR count). The number of anilines is 2. The molecule has 9 heteroatoms. The molecule has 0 bridgehead atoms. The first kappa shape index (κ1) is 15.9. The van der Waals surface area contributed by atoms with Gasteiger partial charge in [0, 0.05) is 52.4 Å². The van der Waals surface area contributed by atoms with Crippen LogP contribution in [0, 0.1) is 10.1 Å². The average molecular weight is 321 g/mol. The Hall–Kier alpha value is -2.00. The number of rotatable bonds is 3. The minimum Gasteiger partial charge on any atom is -0.348 e. The van der Waals surface area contributed by atoms with Gasteiger partial charge >= 0.3 is 5.69 Å². The largest absolute Gasteiger partial charge is 0.353 e. The minimum absolute atomic E-state index is 0.0432. The van der Waals surface area contributed by atoms with Crippen molar-refractivity contribution in [2.75, 3.05) is 76.3 Å². The highest BCUT2D eigenvalue weighted by molar-refractivity contribution is 5.71. The second-order valence-electron chi connectivity index (χ2n) is 6.21. The first-order valence-corrected chi connectivity index (χ1v) is 7.92. The Labute approximate surface area is 135 Å². The lowest BCUT2D eigenvalue weighted by molar-refractivity contribution is -0.383. The fraction of sp³-hybridized carbons (Fsp3) is 0.714. The predicted octanol–water partition coefficient (Wildman–Crippen LogP) is -0.112. The van der Waals surface area contributed by atoms with Gasteiger partial charge in [0.1, 0.15) is 6.33 Å². The van der Waals surface area contributed by atoms with Crippen LogP contribution < -0.4 is 9.80 Å². The third kappa shape index (κ3) is 3.35. The van der Waals surface area contributed by atoms with Crippen LogP contribution in [0.2, 0.25) is 0 Å². The Bertz CT molecular complexity index is 526. The second-order valence-corrected chi connectivity index (χ2v) is 6.21. The van der Waals surface area contributed by atoms with Crippen molar-refractivity contribution in [3.8, 4) is 0 Å². The lowest BCUT2D eigenvalue weighted by atomic mass is 10.2. The summed E-state index contributed by atoms with van der Waals surface area (Å²) in [6.07, 6.45) is 1.45. The van der Waals surface area contributed by atoms with E-state index in [1.54, 1.807) is 0 Å². The molecule has 2 aliphatic rings. The predicted molar refractivity (Wildman–Crippen MR) is 88.1 cm³/mol. The Morgan fingerprint density at radius 1 is 0.870 bits per heavy atom. The second kappa shape index (κ2) is 6.63. The van der Waals surface area contributed by atoms with Crippen molar-refractivity contribution in [3.05, 3.63) is 16.4 Å². The molecule has 0 aromatic carbocycles. The van der Waals surface area contributed by atoms with Gasteiger partial charge in [0.2, 0.25) is 11.6 Å². The maximum Gasteiger partial charge on any atom is 0.353 e. The van der Waals surface area contributed by atoms with Crippen LogP contribution in [0.15, 0.2) is 6.33 Å². The van der Waals surface area contributed by atoms with Crippen molar-refractivity contribution < 1.29 is 4.92 Å². The van der Waals surface area contributed by atoms with Crippen LogP contribution in [0.4, 0.5) is 17.3 Å². The molecule has 9 nitrogen and oxygen atoms in total. The summed E-state index contributed by atoms with van der Waals surface area (Å²) in [5.74, 6) is 0.902. The van der Waals surface area contributed by atoms with Gasteiger partial charge in [-0.05, 0) is 14.1 Å². The van der Waals surface area contributed by atoms with E-state index in [0.717, 1.165) is 52.4 Å². The molecule has 0 amide bonds. The highest BCUT2D eigenvalue weighted by Crippen LogP contribution is 2.34. The Morgan fingerprint density at radius 2 is 1.26 bits per heavy atom. The van der Waals surface area contributed by atoms with E-state index in [9.17, 15) is 10.1 Å². The molecule has 0 N–H and O–H groups in total. The van der Waals surface area contributed by atoms with E-state index in [2.05, 4.69) is 33.9 Å². The Kier molecular flexibility index (Phi) is 4.58. The maximum absolute atomic E-state index is 11.7. The summed E-state index contributed by atoms with van der Waals surface area (Å²) in [5.41, 5.74) is 0.0432. The lowest BCUT2D eigenvalue weighted by Gasteiger charge is -2.35. The first-order chi connectivity index (χ1) is 11.1. The third-order valence-corrected chi connectivity index (χ3v) is 4.57. The number of piperazine rings is 2. The molecule has 3 heterocycles. The SMILES string of the molecule is CN1CCN(c2ncnc(N3CCN(C)CC3)c2[N+](=O)[O-])CC1. The zero-order valence-corrected chi connectivity index (χ0v) is 13.7. The third-order valence-electron chi connectivity index (χ3n) is 4.57. The van der Waals surface area contributed by atoms with E-state index in [0.29, 0.717) is 11.6 Å².